The van der Waals surface area contributed by atoms with E-state index < -0.39 is 17.6 Å². The summed E-state index contributed by atoms with van der Waals surface area (Å²) in [6.07, 6.45) is -1.86. The summed E-state index contributed by atoms with van der Waals surface area (Å²) < 4.78 is 45.2. The van der Waals surface area contributed by atoms with Crippen molar-refractivity contribution in [3.63, 3.8) is 0 Å². The average Bonchev–Trinajstić information content (AvgIpc) is 2.68. The zero-order valence-corrected chi connectivity index (χ0v) is 15.3. The number of aryl methyl sites for hydroxylation is 1. The maximum absolute atomic E-state index is 13.3. The van der Waals surface area contributed by atoms with Gasteiger partial charge in [0.2, 0.25) is 11.8 Å². The van der Waals surface area contributed by atoms with Crippen molar-refractivity contribution >= 4 is 11.6 Å². The lowest BCUT2D eigenvalue weighted by molar-refractivity contribution is -0.139. The van der Waals surface area contributed by atoms with E-state index in [0.29, 0.717) is 5.69 Å². The summed E-state index contributed by atoms with van der Waals surface area (Å²) in [5, 5.41) is 2.92. The van der Waals surface area contributed by atoms with Crippen molar-refractivity contribution in [2.75, 3.05) is 5.32 Å². The molecule has 146 valence electrons. The number of ether oxygens (including phenoxy) is 1. The van der Waals surface area contributed by atoms with Gasteiger partial charge in [-0.15, -0.1) is 0 Å². The molecule has 0 amide bonds. The van der Waals surface area contributed by atoms with E-state index in [0.717, 1.165) is 24.6 Å². The van der Waals surface area contributed by atoms with Crippen LogP contribution in [0, 0.1) is 0 Å². The van der Waals surface area contributed by atoms with Crippen LogP contribution < -0.4 is 10.1 Å². The van der Waals surface area contributed by atoms with Crippen molar-refractivity contribution in [3.8, 4) is 5.88 Å². The van der Waals surface area contributed by atoms with Gasteiger partial charge in [-0.3, -0.25) is 0 Å². The number of nitrogens with zero attached hydrogens (tertiary/aromatic N) is 2. The fourth-order valence-corrected chi connectivity index (χ4v) is 2.63. The Morgan fingerprint density at radius 3 is 2.32 bits per heavy atom. The van der Waals surface area contributed by atoms with E-state index in [-0.39, 0.29) is 12.6 Å². The normalized spacial score (nSPS) is 11.3. The minimum absolute atomic E-state index is 0.0217. The summed E-state index contributed by atoms with van der Waals surface area (Å²) in [6, 6.07) is 16.6. The van der Waals surface area contributed by atoms with E-state index >= 15 is 0 Å². The van der Waals surface area contributed by atoms with Crippen molar-refractivity contribution in [2.45, 2.75) is 32.5 Å². The molecule has 1 heterocycles. The lowest BCUT2D eigenvalue weighted by Gasteiger charge is -2.14. The van der Waals surface area contributed by atoms with Crippen LogP contribution in [0.1, 0.15) is 30.0 Å². The minimum atomic E-state index is -4.60. The molecule has 0 saturated heterocycles. The summed E-state index contributed by atoms with van der Waals surface area (Å²) in [5.74, 6) is -0.462. The Balaban J connectivity index is 1.80. The highest BCUT2D eigenvalue weighted by Crippen LogP contribution is 2.35. The van der Waals surface area contributed by atoms with Crippen molar-refractivity contribution in [1.82, 2.24) is 9.97 Å². The molecule has 28 heavy (non-hydrogen) atoms. The first-order valence-corrected chi connectivity index (χ1v) is 8.92. The molecule has 0 spiro atoms. The molecule has 7 heteroatoms. The van der Waals surface area contributed by atoms with E-state index in [1.807, 2.05) is 30.3 Å². The fourth-order valence-electron chi connectivity index (χ4n) is 2.63. The molecule has 0 aliphatic heterocycles. The third-order valence-electron chi connectivity index (χ3n) is 4.03. The lowest BCUT2D eigenvalue weighted by Crippen LogP contribution is -2.12. The Morgan fingerprint density at radius 2 is 1.68 bits per heavy atom. The Labute approximate surface area is 161 Å². The number of rotatable bonds is 7. The van der Waals surface area contributed by atoms with Gasteiger partial charge in [-0.2, -0.15) is 18.2 Å². The Hall–Kier alpha value is -3.09. The number of nitrogens with one attached hydrogen (secondary N) is 1. The lowest BCUT2D eigenvalue weighted by atomic mass is 10.1. The molecule has 0 fully saturated rings. The molecule has 1 aromatic heterocycles. The molecular formula is C21H20F3N3O. The quantitative estimate of drug-likeness (QED) is 0.559. The SMILES string of the molecule is CCCc1ccc(Nc2ncc(C(F)(F)F)c(OCc3ccccc3)n2)cc1. The van der Waals surface area contributed by atoms with Gasteiger partial charge in [-0.25, -0.2) is 4.98 Å². The molecule has 0 saturated carbocycles. The van der Waals surface area contributed by atoms with Gasteiger partial charge in [0.25, 0.3) is 0 Å². The van der Waals surface area contributed by atoms with Crippen LogP contribution >= 0.6 is 0 Å². The van der Waals surface area contributed by atoms with E-state index in [1.54, 1.807) is 24.3 Å². The van der Waals surface area contributed by atoms with Crippen molar-refractivity contribution in [1.29, 1.82) is 0 Å². The van der Waals surface area contributed by atoms with Crippen molar-refractivity contribution in [3.05, 3.63) is 77.5 Å². The molecular weight excluding hydrogens is 367 g/mol. The van der Waals surface area contributed by atoms with Gasteiger partial charge in [0.15, 0.2) is 0 Å². The average molecular weight is 387 g/mol. The topological polar surface area (TPSA) is 47.0 Å². The van der Waals surface area contributed by atoms with Crippen LogP contribution in [0.2, 0.25) is 0 Å². The third kappa shape index (κ3) is 5.22. The van der Waals surface area contributed by atoms with Gasteiger partial charge < -0.3 is 10.1 Å². The summed E-state index contributed by atoms with van der Waals surface area (Å²) in [5.41, 5.74) is 1.62. The molecule has 4 nitrogen and oxygen atoms in total. The predicted molar refractivity (Wildman–Crippen MR) is 102 cm³/mol. The number of alkyl halides is 3. The summed E-state index contributed by atoms with van der Waals surface area (Å²) in [6.45, 7) is 2.07. The number of benzene rings is 2. The first kappa shape index (κ1) is 19.7. The molecule has 0 unspecified atom stereocenters. The van der Waals surface area contributed by atoms with Crippen LogP contribution in [0.25, 0.3) is 0 Å². The Bertz CT molecular complexity index is 897. The highest BCUT2D eigenvalue weighted by molar-refractivity contribution is 5.54. The van der Waals surface area contributed by atoms with Crippen LogP contribution in [0.5, 0.6) is 5.88 Å². The van der Waals surface area contributed by atoms with E-state index in [9.17, 15) is 13.2 Å². The maximum atomic E-state index is 13.3. The number of anilines is 2. The van der Waals surface area contributed by atoms with Gasteiger partial charge in [0.1, 0.15) is 12.2 Å². The highest BCUT2D eigenvalue weighted by Gasteiger charge is 2.36. The first-order valence-electron chi connectivity index (χ1n) is 8.92. The Kier molecular flexibility index (Phi) is 6.13. The largest absolute Gasteiger partial charge is 0.472 e. The molecule has 3 aromatic rings. The van der Waals surface area contributed by atoms with Crippen LogP contribution in [0.4, 0.5) is 24.8 Å². The fraction of sp³-hybridized carbons (Fsp3) is 0.238. The van der Waals surface area contributed by atoms with Crippen LogP contribution in [0.3, 0.4) is 0 Å². The van der Waals surface area contributed by atoms with Crippen molar-refractivity contribution in [2.24, 2.45) is 0 Å². The van der Waals surface area contributed by atoms with Crippen LogP contribution in [0.15, 0.2) is 60.8 Å². The zero-order chi connectivity index (χ0) is 20.0. The molecule has 0 aliphatic carbocycles. The van der Waals surface area contributed by atoms with Gasteiger partial charge in [0.05, 0.1) is 0 Å². The number of halogens is 3. The monoisotopic (exact) mass is 387 g/mol. The van der Waals surface area contributed by atoms with Crippen LogP contribution in [-0.2, 0) is 19.2 Å². The highest BCUT2D eigenvalue weighted by atomic mass is 19.4. The molecule has 2 aromatic carbocycles. The minimum Gasteiger partial charge on any atom is -0.472 e. The number of aromatic nitrogens is 2. The molecule has 0 bridgehead atoms. The van der Waals surface area contributed by atoms with Gasteiger partial charge in [-0.1, -0.05) is 55.8 Å². The van der Waals surface area contributed by atoms with Gasteiger partial charge in [-0.05, 0) is 29.7 Å². The summed E-state index contributed by atoms with van der Waals surface area (Å²) >= 11 is 0. The van der Waals surface area contributed by atoms with Crippen molar-refractivity contribution < 1.29 is 17.9 Å². The van der Waals surface area contributed by atoms with E-state index in [4.69, 9.17) is 4.74 Å². The van der Waals surface area contributed by atoms with E-state index in [2.05, 4.69) is 22.2 Å². The smallest absolute Gasteiger partial charge is 0.423 e. The molecule has 1 N–H and O–H groups in total. The first-order chi connectivity index (χ1) is 13.5. The van der Waals surface area contributed by atoms with E-state index in [1.165, 1.54) is 5.56 Å². The second-order valence-electron chi connectivity index (χ2n) is 6.26. The molecule has 3 rings (SSSR count). The second kappa shape index (κ2) is 8.73. The van der Waals surface area contributed by atoms with Gasteiger partial charge >= 0.3 is 6.18 Å². The molecule has 0 aliphatic rings. The third-order valence-corrected chi connectivity index (χ3v) is 4.03. The second-order valence-corrected chi connectivity index (χ2v) is 6.26. The summed E-state index contributed by atoms with van der Waals surface area (Å²) in [4.78, 5) is 7.74. The molecule has 0 atom stereocenters. The number of hydrogen-bond donors (Lipinski definition) is 1. The Morgan fingerprint density at radius 1 is 0.964 bits per heavy atom. The predicted octanol–water partition coefficient (Wildman–Crippen LogP) is 5.77. The standard InChI is InChI=1S/C21H20F3N3O/c1-2-6-15-9-11-17(12-10-15)26-20-25-13-18(21(22,23)24)19(27-20)28-14-16-7-4-3-5-8-16/h3-5,7-13H,2,6,14H2,1H3,(H,25,26,27). The zero-order valence-electron chi connectivity index (χ0n) is 15.3. The van der Waals surface area contributed by atoms with Gasteiger partial charge in [0, 0.05) is 11.9 Å². The number of hydrogen-bond acceptors (Lipinski definition) is 4. The maximum Gasteiger partial charge on any atom is 0.423 e. The van der Waals surface area contributed by atoms with Crippen LogP contribution in [-0.4, -0.2) is 9.97 Å². The summed E-state index contributed by atoms with van der Waals surface area (Å²) in [7, 11) is 0. The molecule has 0 radical (unpaired) electrons.